The van der Waals surface area contributed by atoms with Crippen molar-refractivity contribution in [2.24, 2.45) is 0 Å². The van der Waals surface area contributed by atoms with E-state index >= 15 is 0 Å². The summed E-state index contributed by atoms with van der Waals surface area (Å²) in [6, 6.07) is 3.65. The number of hydrogen-bond acceptors (Lipinski definition) is 2. The monoisotopic (exact) mass is 275 g/mol. The molecule has 0 spiro atoms. The average Bonchev–Trinajstić information content (AvgIpc) is 2.18. The molecule has 1 atom stereocenters. The van der Waals surface area contributed by atoms with Crippen molar-refractivity contribution in [3.8, 4) is 0 Å². The van der Waals surface area contributed by atoms with Crippen LogP contribution in [0.4, 0.5) is 4.39 Å². The standard InChI is InChI=1S/C10H11BrFNO2/c1-6(10(14)15)13-5-7-4-8(12)2-3-9(7)11/h2-4,6,13H,5H2,1H3,(H,14,15)/t6-/m1/s1. The van der Waals surface area contributed by atoms with Crippen molar-refractivity contribution in [1.29, 1.82) is 0 Å². The third-order valence-electron chi connectivity index (χ3n) is 1.98. The molecule has 3 nitrogen and oxygen atoms in total. The molecular weight excluding hydrogens is 265 g/mol. The summed E-state index contributed by atoms with van der Waals surface area (Å²) < 4.78 is 13.6. The van der Waals surface area contributed by atoms with Crippen LogP contribution in [0.25, 0.3) is 0 Å². The van der Waals surface area contributed by atoms with Crippen molar-refractivity contribution in [3.63, 3.8) is 0 Å². The molecule has 1 rings (SSSR count). The molecule has 0 aliphatic heterocycles. The second kappa shape index (κ2) is 5.23. The lowest BCUT2D eigenvalue weighted by Gasteiger charge is -2.10. The van der Waals surface area contributed by atoms with Crippen LogP contribution in [0.5, 0.6) is 0 Å². The molecule has 15 heavy (non-hydrogen) atoms. The van der Waals surface area contributed by atoms with Gasteiger partial charge in [0.15, 0.2) is 0 Å². The maximum absolute atomic E-state index is 12.9. The molecule has 0 unspecified atom stereocenters. The Balaban J connectivity index is 2.65. The molecule has 2 N–H and O–H groups in total. The van der Waals surface area contributed by atoms with Crippen LogP contribution in [0.2, 0.25) is 0 Å². The fourth-order valence-electron chi connectivity index (χ4n) is 1.03. The van der Waals surface area contributed by atoms with Crippen LogP contribution in [0.15, 0.2) is 22.7 Å². The van der Waals surface area contributed by atoms with Crippen molar-refractivity contribution in [2.45, 2.75) is 19.5 Å². The zero-order chi connectivity index (χ0) is 11.4. The molecule has 0 aliphatic carbocycles. The summed E-state index contributed by atoms with van der Waals surface area (Å²) in [4.78, 5) is 10.5. The minimum absolute atomic E-state index is 0.311. The van der Waals surface area contributed by atoms with Gasteiger partial charge in [-0.3, -0.25) is 4.79 Å². The Morgan fingerprint density at radius 3 is 2.93 bits per heavy atom. The molecule has 82 valence electrons. The molecule has 0 aliphatic rings. The number of halogens is 2. The van der Waals surface area contributed by atoms with Crippen LogP contribution in [0.1, 0.15) is 12.5 Å². The molecule has 1 aromatic carbocycles. The number of benzene rings is 1. The first-order valence-electron chi connectivity index (χ1n) is 4.41. The van der Waals surface area contributed by atoms with E-state index in [1.54, 1.807) is 6.07 Å². The molecule has 0 amide bonds. The van der Waals surface area contributed by atoms with Crippen LogP contribution in [-0.4, -0.2) is 17.1 Å². The van der Waals surface area contributed by atoms with Crippen molar-refractivity contribution in [1.82, 2.24) is 5.32 Å². The van der Waals surface area contributed by atoms with Gasteiger partial charge in [-0.05, 0) is 30.7 Å². The summed E-state index contributed by atoms with van der Waals surface area (Å²) in [5, 5.41) is 11.4. The van der Waals surface area contributed by atoms with E-state index in [4.69, 9.17) is 5.11 Å². The van der Waals surface area contributed by atoms with Gasteiger partial charge >= 0.3 is 5.97 Å². The third kappa shape index (κ3) is 3.60. The first-order valence-corrected chi connectivity index (χ1v) is 5.20. The summed E-state index contributed by atoms with van der Waals surface area (Å²) in [5.41, 5.74) is 0.697. The highest BCUT2D eigenvalue weighted by Crippen LogP contribution is 2.17. The van der Waals surface area contributed by atoms with E-state index in [1.165, 1.54) is 19.1 Å². The van der Waals surface area contributed by atoms with Crippen molar-refractivity contribution >= 4 is 21.9 Å². The smallest absolute Gasteiger partial charge is 0.320 e. The molecule has 0 saturated heterocycles. The number of hydrogen-bond donors (Lipinski definition) is 2. The quantitative estimate of drug-likeness (QED) is 0.885. The largest absolute Gasteiger partial charge is 0.480 e. The van der Waals surface area contributed by atoms with Crippen LogP contribution in [-0.2, 0) is 11.3 Å². The number of carboxylic acid groups (broad SMARTS) is 1. The Bertz CT molecular complexity index is 370. The van der Waals surface area contributed by atoms with Crippen molar-refractivity contribution in [2.75, 3.05) is 0 Å². The summed E-state index contributed by atoms with van der Waals surface area (Å²) in [7, 11) is 0. The molecule has 0 saturated carbocycles. The predicted molar refractivity (Wildman–Crippen MR) is 58.0 cm³/mol. The van der Waals surface area contributed by atoms with Gasteiger partial charge < -0.3 is 10.4 Å². The zero-order valence-electron chi connectivity index (χ0n) is 8.13. The summed E-state index contributed by atoms with van der Waals surface area (Å²) >= 11 is 3.26. The van der Waals surface area contributed by atoms with E-state index in [1.807, 2.05) is 0 Å². The Morgan fingerprint density at radius 1 is 1.67 bits per heavy atom. The first-order chi connectivity index (χ1) is 7.00. The molecule has 0 aromatic heterocycles. The summed E-state index contributed by atoms with van der Waals surface area (Å²) in [5.74, 6) is -1.26. The van der Waals surface area contributed by atoms with Crippen molar-refractivity contribution in [3.05, 3.63) is 34.1 Å². The van der Waals surface area contributed by atoms with Gasteiger partial charge in [-0.15, -0.1) is 0 Å². The number of carboxylic acids is 1. The van der Waals surface area contributed by atoms with E-state index < -0.39 is 12.0 Å². The maximum Gasteiger partial charge on any atom is 0.320 e. The predicted octanol–water partition coefficient (Wildman–Crippen LogP) is 2.15. The van der Waals surface area contributed by atoms with Gasteiger partial charge in [-0.2, -0.15) is 0 Å². The van der Waals surface area contributed by atoms with Crippen LogP contribution >= 0.6 is 15.9 Å². The number of aliphatic carboxylic acids is 1. The lowest BCUT2D eigenvalue weighted by atomic mass is 10.2. The fraction of sp³-hybridized carbons (Fsp3) is 0.300. The molecular formula is C10H11BrFNO2. The molecule has 0 radical (unpaired) electrons. The van der Waals surface area contributed by atoms with Crippen LogP contribution < -0.4 is 5.32 Å². The number of rotatable bonds is 4. The molecule has 0 bridgehead atoms. The van der Waals surface area contributed by atoms with E-state index in [0.29, 0.717) is 12.1 Å². The average molecular weight is 276 g/mol. The molecule has 0 fully saturated rings. The zero-order valence-corrected chi connectivity index (χ0v) is 9.71. The Labute approximate surface area is 95.4 Å². The van der Waals surface area contributed by atoms with E-state index in [2.05, 4.69) is 21.2 Å². The Morgan fingerprint density at radius 2 is 2.33 bits per heavy atom. The Kier molecular flexibility index (Phi) is 4.23. The maximum atomic E-state index is 12.9. The SMILES string of the molecule is C[C@@H](NCc1cc(F)ccc1Br)C(=O)O. The normalized spacial score (nSPS) is 12.5. The molecule has 0 heterocycles. The van der Waals surface area contributed by atoms with E-state index in [9.17, 15) is 9.18 Å². The lowest BCUT2D eigenvalue weighted by molar-refractivity contribution is -0.139. The van der Waals surface area contributed by atoms with Gasteiger partial charge in [0.1, 0.15) is 11.9 Å². The minimum atomic E-state index is -0.928. The van der Waals surface area contributed by atoms with Crippen molar-refractivity contribution < 1.29 is 14.3 Å². The summed E-state index contributed by atoms with van der Waals surface area (Å²) in [6.07, 6.45) is 0. The fourth-order valence-corrected chi connectivity index (χ4v) is 1.42. The van der Waals surface area contributed by atoms with E-state index in [0.717, 1.165) is 4.47 Å². The lowest BCUT2D eigenvalue weighted by Crippen LogP contribution is -2.33. The van der Waals surface area contributed by atoms with Gasteiger partial charge in [0.2, 0.25) is 0 Å². The van der Waals surface area contributed by atoms with Gasteiger partial charge in [-0.25, -0.2) is 4.39 Å². The first kappa shape index (κ1) is 12.1. The van der Waals surface area contributed by atoms with Crippen LogP contribution in [0.3, 0.4) is 0 Å². The highest BCUT2D eigenvalue weighted by Gasteiger charge is 2.10. The molecule has 5 heteroatoms. The van der Waals surface area contributed by atoms with Gasteiger partial charge in [-0.1, -0.05) is 15.9 Å². The van der Waals surface area contributed by atoms with Crippen LogP contribution in [0, 0.1) is 5.82 Å². The highest BCUT2D eigenvalue weighted by atomic mass is 79.9. The van der Waals surface area contributed by atoms with Gasteiger partial charge in [0, 0.05) is 11.0 Å². The third-order valence-corrected chi connectivity index (χ3v) is 2.75. The number of nitrogens with one attached hydrogen (secondary N) is 1. The summed E-state index contributed by atoms with van der Waals surface area (Å²) in [6.45, 7) is 1.85. The van der Waals surface area contributed by atoms with Gasteiger partial charge in [0.05, 0.1) is 0 Å². The minimum Gasteiger partial charge on any atom is -0.480 e. The second-order valence-electron chi connectivity index (χ2n) is 3.18. The van der Waals surface area contributed by atoms with E-state index in [-0.39, 0.29) is 5.82 Å². The Hall–Kier alpha value is -0.940. The topological polar surface area (TPSA) is 49.3 Å². The number of carbonyl (C=O) groups is 1. The molecule has 1 aromatic rings. The van der Waals surface area contributed by atoms with Gasteiger partial charge in [0.25, 0.3) is 0 Å². The highest BCUT2D eigenvalue weighted by molar-refractivity contribution is 9.10. The second-order valence-corrected chi connectivity index (χ2v) is 4.03.